The number of ketones is 1. The fraction of sp³-hybridized carbons (Fsp3) is 0.200. The number of carbonyl (C=O) groups excluding carboxylic acids is 1. The maximum absolute atomic E-state index is 15.2. The molecule has 2 unspecified atom stereocenters. The fourth-order valence-electron chi connectivity index (χ4n) is 3.97. The van der Waals surface area contributed by atoms with Gasteiger partial charge in [0.1, 0.15) is 17.1 Å². The summed E-state index contributed by atoms with van der Waals surface area (Å²) in [5, 5.41) is 0. The Balaban J connectivity index is 1.42. The van der Waals surface area contributed by atoms with Crippen LogP contribution in [0.1, 0.15) is 13.3 Å². The average Bonchev–Trinajstić information content (AvgIpc) is 3.45. The van der Waals surface area contributed by atoms with Crippen molar-refractivity contribution in [2.24, 2.45) is 11.8 Å². The van der Waals surface area contributed by atoms with Gasteiger partial charge in [0.2, 0.25) is 0 Å². The molecule has 0 spiro atoms. The lowest BCUT2D eigenvalue weighted by atomic mass is 9.99. The van der Waals surface area contributed by atoms with Gasteiger partial charge < -0.3 is 9.72 Å². The smallest absolute Gasteiger partial charge is 0.294 e. The van der Waals surface area contributed by atoms with Crippen LogP contribution in [0.15, 0.2) is 60.7 Å². The SMILES string of the molecule is CC(=O)C1CC1COc1nc2c(F)c(-c3ccc(-c4ccccc4)cc3)c(F)cc2[nH]1. The van der Waals surface area contributed by atoms with Crippen LogP contribution in [0.5, 0.6) is 6.01 Å². The Hall–Kier alpha value is -3.54. The van der Waals surface area contributed by atoms with Crippen LogP contribution in [0.25, 0.3) is 33.3 Å². The van der Waals surface area contributed by atoms with Gasteiger partial charge >= 0.3 is 0 Å². The standard InChI is InChI=1S/C25H20F2N2O2/c1-14(30)19-11-18(19)13-31-25-28-21-12-20(26)22(23(27)24(21)29-25)17-9-7-16(8-10-17)15-5-3-2-4-6-15/h2-10,12,18-19H,11,13H2,1H3,(H,28,29). The molecule has 1 saturated carbocycles. The van der Waals surface area contributed by atoms with Crippen molar-refractivity contribution in [2.75, 3.05) is 6.61 Å². The monoisotopic (exact) mass is 418 g/mol. The Morgan fingerprint density at radius 3 is 2.42 bits per heavy atom. The molecule has 4 aromatic rings. The number of hydrogen-bond acceptors (Lipinski definition) is 3. The van der Waals surface area contributed by atoms with Crippen molar-refractivity contribution >= 4 is 16.8 Å². The number of nitrogens with zero attached hydrogens (tertiary/aromatic N) is 1. The highest BCUT2D eigenvalue weighted by Crippen LogP contribution is 2.39. The van der Waals surface area contributed by atoms with Crippen molar-refractivity contribution < 1.29 is 18.3 Å². The third-order valence-corrected chi connectivity index (χ3v) is 5.81. The van der Waals surface area contributed by atoms with E-state index >= 15 is 4.39 Å². The van der Waals surface area contributed by atoms with Gasteiger partial charge in [0.25, 0.3) is 6.01 Å². The van der Waals surface area contributed by atoms with Gasteiger partial charge in [-0.25, -0.2) is 8.78 Å². The highest BCUT2D eigenvalue weighted by molar-refractivity contribution is 5.84. The Morgan fingerprint density at radius 1 is 1.06 bits per heavy atom. The first-order valence-electron chi connectivity index (χ1n) is 10.2. The van der Waals surface area contributed by atoms with E-state index in [0.717, 1.165) is 17.5 Å². The van der Waals surface area contributed by atoms with Crippen LogP contribution in [0.2, 0.25) is 0 Å². The van der Waals surface area contributed by atoms with Crippen LogP contribution >= 0.6 is 0 Å². The molecule has 2 atom stereocenters. The van der Waals surface area contributed by atoms with E-state index in [9.17, 15) is 9.18 Å². The van der Waals surface area contributed by atoms with E-state index in [4.69, 9.17) is 4.74 Å². The van der Waals surface area contributed by atoms with Crippen molar-refractivity contribution in [1.82, 2.24) is 9.97 Å². The molecule has 1 fully saturated rings. The van der Waals surface area contributed by atoms with E-state index in [0.29, 0.717) is 12.2 Å². The van der Waals surface area contributed by atoms with Gasteiger partial charge in [-0.3, -0.25) is 4.79 Å². The second-order valence-corrected chi connectivity index (χ2v) is 7.95. The topological polar surface area (TPSA) is 55.0 Å². The van der Waals surface area contributed by atoms with Crippen molar-refractivity contribution in [3.05, 3.63) is 72.3 Å². The number of hydrogen-bond donors (Lipinski definition) is 1. The maximum atomic E-state index is 15.2. The lowest BCUT2D eigenvalue weighted by Gasteiger charge is -2.08. The Labute approximate surface area is 177 Å². The van der Waals surface area contributed by atoms with Crippen LogP contribution in [0, 0.1) is 23.5 Å². The van der Waals surface area contributed by atoms with Crippen LogP contribution in [-0.2, 0) is 4.79 Å². The molecule has 0 saturated heterocycles. The zero-order chi connectivity index (χ0) is 21.5. The highest BCUT2D eigenvalue weighted by atomic mass is 19.1. The molecule has 0 radical (unpaired) electrons. The summed E-state index contributed by atoms with van der Waals surface area (Å²) in [4.78, 5) is 18.3. The summed E-state index contributed by atoms with van der Waals surface area (Å²) >= 11 is 0. The predicted molar refractivity (Wildman–Crippen MR) is 115 cm³/mol. The van der Waals surface area contributed by atoms with E-state index in [-0.39, 0.29) is 40.2 Å². The number of Topliss-reactive ketones (excluding diaryl/α,β-unsaturated/α-hetero) is 1. The van der Waals surface area contributed by atoms with Crippen LogP contribution < -0.4 is 4.74 Å². The lowest BCUT2D eigenvalue weighted by Crippen LogP contribution is -2.05. The number of H-pyrrole nitrogens is 1. The third kappa shape index (κ3) is 3.69. The van der Waals surface area contributed by atoms with Gasteiger partial charge in [-0.2, -0.15) is 4.98 Å². The van der Waals surface area contributed by atoms with Gasteiger partial charge in [0, 0.05) is 17.9 Å². The zero-order valence-electron chi connectivity index (χ0n) is 16.9. The lowest BCUT2D eigenvalue weighted by molar-refractivity contribution is -0.118. The number of imidazole rings is 1. The van der Waals surface area contributed by atoms with Crippen LogP contribution in [-0.4, -0.2) is 22.4 Å². The molecule has 4 nitrogen and oxygen atoms in total. The van der Waals surface area contributed by atoms with Gasteiger partial charge in [-0.05, 0) is 30.0 Å². The Morgan fingerprint density at radius 2 is 1.74 bits per heavy atom. The summed E-state index contributed by atoms with van der Waals surface area (Å²) in [5.41, 5.74) is 2.56. The van der Waals surface area contributed by atoms with E-state index in [1.807, 2.05) is 42.5 Å². The zero-order valence-corrected chi connectivity index (χ0v) is 16.9. The number of benzene rings is 3. The quantitative estimate of drug-likeness (QED) is 0.432. The third-order valence-electron chi connectivity index (χ3n) is 5.81. The number of aromatic amines is 1. The molecule has 3 aromatic carbocycles. The molecule has 1 heterocycles. The Kier molecular flexibility index (Phi) is 4.77. The number of fused-ring (bicyclic) bond motifs is 1. The maximum Gasteiger partial charge on any atom is 0.294 e. The highest BCUT2D eigenvalue weighted by Gasteiger charge is 2.41. The molecular formula is C25H20F2N2O2. The molecule has 156 valence electrons. The molecule has 1 aliphatic rings. The number of carbonyl (C=O) groups is 1. The van der Waals surface area contributed by atoms with E-state index in [1.54, 1.807) is 19.1 Å². The van der Waals surface area contributed by atoms with E-state index in [1.165, 1.54) is 6.07 Å². The average molecular weight is 418 g/mol. The van der Waals surface area contributed by atoms with E-state index < -0.39 is 11.6 Å². The summed E-state index contributed by atoms with van der Waals surface area (Å²) in [6.45, 7) is 1.89. The minimum atomic E-state index is -0.735. The first kappa shape index (κ1) is 19.4. The molecule has 31 heavy (non-hydrogen) atoms. The number of aromatic nitrogens is 2. The number of ether oxygens (including phenoxy) is 1. The number of halogens is 2. The summed E-state index contributed by atoms with van der Waals surface area (Å²) < 4.78 is 35.6. The van der Waals surface area contributed by atoms with Gasteiger partial charge in [-0.15, -0.1) is 0 Å². The van der Waals surface area contributed by atoms with Gasteiger partial charge in [-0.1, -0.05) is 54.6 Å². The largest absolute Gasteiger partial charge is 0.464 e. The summed E-state index contributed by atoms with van der Waals surface area (Å²) in [5.74, 6) is -1.07. The molecule has 0 aliphatic heterocycles. The molecule has 6 heteroatoms. The minimum Gasteiger partial charge on any atom is -0.464 e. The second-order valence-electron chi connectivity index (χ2n) is 7.95. The molecular weight excluding hydrogens is 398 g/mol. The first-order valence-corrected chi connectivity index (χ1v) is 10.2. The number of nitrogens with one attached hydrogen (secondary N) is 1. The molecule has 0 amide bonds. The van der Waals surface area contributed by atoms with Crippen molar-refractivity contribution in [2.45, 2.75) is 13.3 Å². The van der Waals surface area contributed by atoms with Crippen molar-refractivity contribution in [3.8, 4) is 28.3 Å². The molecule has 1 aromatic heterocycles. The second kappa shape index (κ2) is 7.61. The fourth-order valence-corrected chi connectivity index (χ4v) is 3.97. The molecule has 5 rings (SSSR count). The molecule has 0 bridgehead atoms. The van der Waals surface area contributed by atoms with Crippen molar-refractivity contribution in [3.63, 3.8) is 0 Å². The molecule has 1 N–H and O–H groups in total. The van der Waals surface area contributed by atoms with Gasteiger partial charge in [0.15, 0.2) is 5.82 Å². The summed E-state index contributed by atoms with van der Waals surface area (Å²) in [6, 6.07) is 18.2. The molecule has 1 aliphatic carbocycles. The summed E-state index contributed by atoms with van der Waals surface area (Å²) in [7, 11) is 0. The van der Waals surface area contributed by atoms with Crippen molar-refractivity contribution in [1.29, 1.82) is 0 Å². The van der Waals surface area contributed by atoms with Gasteiger partial charge in [0.05, 0.1) is 17.7 Å². The number of rotatable bonds is 6. The van der Waals surface area contributed by atoms with Crippen LogP contribution in [0.3, 0.4) is 0 Å². The van der Waals surface area contributed by atoms with Crippen LogP contribution in [0.4, 0.5) is 8.78 Å². The normalized spacial score (nSPS) is 17.6. The predicted octanol–water partition coefficient (Wildman–Crippen LogP) is 5.78. The first-order chi connectivity index (χ1) is 15.0. The minimum absolute atomic E-state index is 0.0254. The van der Waals surface area contributed by atoms with E-state index in [2.05, 4.69) is 9.97 Å². The Bertz CT molecular complexity index is 1270. The summed E-state index contributed by atoms with van der Waals surface area (Å²) in [6.07, 6.45) is 0.793.